The molecule has 0 aromatic heterocycles. The molecule has 1 aromatic carbocycles. The van der Waals surface area contributed by atoms with Crippen LogP contribution < -0.4 is 10.5 Å². The van der Waals surface area contributed by atoms with Gasteiger partial charge in [0.2, 0.25) is 0 Å². The van der Waals surface area contributed by atoms with Crippen LogP contribution in [-0.2, 0) is 6.54 Å². The fourth-order valence-electron chi connectivity index (χ4n) is 2.34. The number of nitrogens with two attached hydrogens (primary N) is 1. The Morgan fingerprint density at radius 3 is 2.53 bits per heavy atom. The zero-order chi connectivity index (χ0) is 12.3. The summed E-state index contributed by atoms with van der Waals surface area (Å²) in [5, 5.41) is 0. The minimum absolute atomic E-state index is 0.331. The summed E-state index contributed by atoms with van der Waals surface area (Å²) in [5.41, 5.74) is 7.35. The lowest BCUT2D eigenvalue weighted by atomic mass is 10.1. The largest absolute Gasteiger partial charge is 0.494 e. The Hall–Kier alpha value is -1.06. The average Bonchev–Trinajstić information content (AvgIpc) is 2.61. The highest BCUT2D eigenvalue weighted by Crippen LogP contribution is 2.19. The van der Waals surface area contributed by atoms with E-state index in [1.165, 1.54) is 5.56 Å². The maximum Gasteiger partial charge on any atom is 0.119 e. The van der Waals surface area contributed by atoms with Gasteiger partial charge in [-0.1, -0.05) is 19.1 Å². The number of benzene rings is 1. The van der Waals surface area contributed by atoms with Crippen molar-refractivity contribution in [1.82, 2.24) is 4.90 Å². The highest BCUT2D eigenvalue weighted by molar-refractivity contribution is 5.27. The van der Waals surface area contributed by atoms with Crippen molar-refractivity contribution < 1.29 is 4.74 Å². The topological polar surface area (TPSA) is 38.5 Å². The van der Waals surface area contributed by atoms with Crippen LogP contribution in [0.15, 0.2) is 24.3 Å². The molecule has 0 spiro atoms. The van der Waals surface area contributed by atoms with Gasteiger partial charge in [0.15, 0.2) is 0 Å². The molecule has 0 radical (unpaired) electrons. The maximum absolute atomic E-state index is 6.02. The molecule has 2 N–H and O–H groups in total. The molecule has 2 atom stereocenters. The number of rotatable bonds is 4. The Morgan fingerprint density at radius 1 is 1.29 bits per heavy atom. The lowest BCUT2D eigenvalue weighted by Crippen LogP contribution is -2.28. The van der Waals surface area contributed by atoms with Gasteiger partial charge < -0.3 is 10.5 Å². The zero-order valence-electron chi connectivity index (χ0n) is 10.7. The van der Waals surface area contributed by atoms with E-state index in [0.29, 0.717) is 12.0 Å². The molecule has 1 aliphatic heterocycles. The van der Waals surface area contributed by atoms with Crippen LogP contribution in [0.2, 0.25) is 0 Å². The second-order valence-corrected chi connectivity index (χ2v) is 4.91. The summed E-state index contributed by atoms with van der Waals surface area (Å²) >= 11 is 0. The fourth-order valence-corrected chi connectivity index (χ4v) is 2.34. The molecule has 1 heterocycles. The first kappa shape index (κ1) is 12.4. The van der Waals surface area contributed by atoms with Gasteiger partial charge in [-0.15, -0.1) is 0 Å². The smallest absolute Gasteiger partial charge is 0.119 e. The van der Waals surface area contributed by atoms with Gasteiger partial charge in [-0.2, -0.15) is 0 Å². The predicted octanol–water partition coefficient (Wildman–Crippen LogP) is 1.86. The second kappa shape index (κ2) is 5.52. The van der Waals surface area contributed by atoms with E-state index in [9.17, 15) is 0 Å². The first-order valence-electron chi connectivity index (χ1n) is 6.38. The second-order valence-electron chi connectivity index (χ2n) is 4.91. The number of likely N-dealkylation sites (tertiary alicyclic amines) is 1. The van der Waals surface area contributed by atoms with Crippen LogP contribution in [0.4, 0.5) is 0 Å². The van der Waals surface area contributed by atoms with Crippen LogP contribution in [0.3, 0.4) is 0 Å². The standard InChI is InChI=1S/C14H22N2O/c1-3-17-13-6-4-12(5-7-13)9-16-8-11(2)14(15)10-16/h4-7,11,14H,3,8-10,15H2,1-2H3. The molecule has 1 saturated heterocycles. The normalized spacial score (nSPS) is 25.1. The number of hydrogen-bond acceptors (Lipinski definition) is 3. The molecule has 0 aliphatic carbocycles. The van der Waals surface area contributed by atoms with Gasteiger partial charge >= 0.3 is 0 Å². The molecule has 0 saturated carbocycles. The van der Waals surface area contributed by atoms with E-state index in [1.54, 1.807) is 0 Å². The van der Waals surface area contributed by atoms with Crippen molar-refractivity contribution in [2.45, 2.75) is 26.4 Å². The molecule has 1 aromatic rings. The monoisotopic (exact) mass is 234 g/mol. The third-order valence-corrected chi connectivity index (χ3v) is 3.39. The number of nitrogens with zero attached hydrogens (tertiary/aromatic N) is 1. The van der Waals surface area contributed by atoms with Crippen LogP contribution in [0.5, 0.6) is 5.75 Å². The summed E-state index contributed by atoms with van der Waals surface area (Å²) < 4.78 is 5.43. The van der Waals surface area contributed by atoms with Crippen molar-refractivity contribution in [3.8, 4) is 5.75 Å². The highest BCUT2D eigenvalue weighted by Gasteiger charge is 2.26. The molecule has 3 nitrogen and oxygen atoms in total. The van der Waals surface area contributed by atoms with Gasteiger partial charge in [-0.05, 0) is 30.5 Å². The predicted molar refractivity (Wildman–Crippen MR) is 70.0 cm³/mol. The molecule has 2 unspecified atom stereocenters. The van der Waals surface area contributed by atoms with Gasteiger partial charge in [0.05, 0.1) is 6.61 Å². The molecule has 0 bridgehead atoms. The summed E-state index contributed by atoms with van der Waals surface area (Å²) in [6.07, 6.45) is 0. The van der Waals surface area contributed by atoms with Gasteiger partial charge in [0.25, 0.3) is 0 Å². The zero-order valence-corrected chi connectivity index (χ0v) is 10.7. The van der Waals surface area contributed by atoms with E-state index in [1.807, 2.05) is 19.1 Å². The van der Waals surface area contributed by atoms with E-state index in [4.69, 9.17) is 10.5 Å². The summed E-state index contributed by atoms with van der Waals surface area (Å²) in [5.74, 6) is 1.56. The van der Waals surface area contributed by atoms with Crippen molar-refractivity contribution in [3.05, 3.63) is 29.8 Å². The van der Waals surface area contributed by atoms with Gasteiger partial charge in [0, 0.05) is 25.7 Å². The Kier molecular flexibility index (Phi) is 4.02. The van der Waals surface area contributed by atoms with Crippen LogP contribution in [0.1, 0.15) is 19.4 Å². The first-order valence-corrected chi connectivity index (χ1v) is 6.38. The molecule has 2 rings (SSSR count). The minimum Gasteiger partial charge on any atom is -0.494 e. The molecule has 0 amide bonds. The van der Waals surface area contributed by atoms with Crippen molar-refractivity contribution in [3.63, 3.8) is 0 Å². The average molecular weight is 234 g/mol. The molecule has 1 aliphatic rings. The molecule has 17 heavy (non-hydrogen) atoms. The summed E-state index contributed by atoms with van der Waals surface area (Å²) in [6.45, 7) is 8.05. The van der Waals surface area contributed by atoms with E-state index in [-0.39, 0.29) is 0 Å². The van der Waals surface area contributed by atoms with Crippen LogP contribution in [-0.4, -0.2) is 30.6 Å². The summed E-state index contributed by atoms with van der Waals surface area (Å²) in [4.78, 5) is 2.42. The third-order valence-electron chi connectivity index (χ3n) is 3.39. The number of ether oxygens (including phenoxy) is 1. The maximum atomic E-state index is 6.02. The quantitative estimate of drug-likeness (QED) is 0.864. The van der Waals surface area contributed by atoms with Crippen LogP contribution >= 0.6 is 0 Å². The Morgan fingerprint density at radius 2 is 2.00 bits per heavy atom. The van der Waals surface area contributed by atoms with E-state index in [2.05, 4.69) is 24.0 Å². The van der Waals surface area contributed by atoms with Crippen molar-refractivity contribution in [1.29, 1.82) is 0 Å². The van der Waals surface area contributed by atoms with Crippen molar-refractivity contribution in [2.75, 3.05) is 19.7 Å². The Bertz CT molecular complexity index is 340. The first-order chi connectivity index (χ1) is 8.19. The highest BCUT2D eigenvalue weighted by atomic mass is 16.5. The molecule has 94 valence electrons. The van der Waals surface area contributed by atoms with Gasteiger partial charge in [-0.25, -0.2) is 0 Å². The molecular weight excluding hydrogens is 212 g/mol. The Balaban J connectivity index is 1.91. The van der Waals surface area contributed by atoms with Gasteiger partial charge in [0.1, 0.15) is 5.75 Å². The minimum atomic E-state index is 0.331. The van der Waals surface area contributed by atoms with E-state index >= 15 is 0 Å². The lowest BCUT2D eigenvalue weighted by Gasteiger charge is -2.15. The van der Waals surface area contributed by atoms with Gasteiger partial charge in [-0.3, -0.25) is 4.90 Å². The van der Waals surface area contributed by atoms with Crippen molar-refractivity contribution >= 4 is 0 Å². The Labute approximate surface area is 104 Å². The summed E-state index contributed by atoms with van der Waals surface area (Å²) in [6, 6.07) is 8.69. The fraction of sp³-hybridized carbons (Fsp3) is 0.571. The SMILES string of the molecule is CCOc1ccc(CN2CC(C)C(N)C2)cc1. The molecular formula is C14H22N2O. The van der Waals surface area contributed by atoms with Crippen LogP contribution in [0, 0.1) is 5.92 Å². The lowest BCUT2D eigenvalue weighted by molar-refractivity contribution is 0.318. The molecule has 1 fully saturated rings. The van der Waals surface area contributed by atoms with E-state index < -0.39 is 0 Å². The summed E-state index contributed by atoms with van der Waals surface area (Å²) in [7, 11) is 0. The van der Waals surface area contributed by atoms with E-state index in [0.717, 1.165) is 32.0 Å². The van der Waals surface area contributed by atoms with Crippen LogP contribution in [0.25, 0.3) is 0 Å². The van der Waals surface area contributed by atoms with Crippen molar-refractivity contribution in [2.24, 2.45) is 11.7 Å². The third kappa shape index (κ3) is 3.20. The number of hydrogen-bond donors (Lipinski definition) is 1. The molecule has 3 heteroatoms.